The molecule has 0 bridgehead atoms. The Morgan fingerprint density at radius 2 is 1.93 bits per heavy atom. The highest BCUT2D eigenvalue weighted by molar-refractivity contribution is 6.64. The van der Waals surface area contributed by atoms with E-state index in [4.69, 9.17) is 13.6 Å². The third-order valence-corrected chi connectivity index (χ3v) is 5.20. The molecule has 1 aliphatic heterocycles. The predicted octanol–water partition coefficient (Wildman–Crippen LogP) is 2.56. The summed E-state index contributed by atoms with van der Waals surface area (Å²) >= 11 is 0. The minimum Gasteiger partial charge on any atom is -0.395 e. The van der Waals surface area contributed by atoms with E-state index in [0.717, 1.165) is 26.2 Å². The molecule has 0 aromatic rings. The maximum absolute atomic E-state index is 6.11. The summed E-state index contributed by atoms with van der Waals surface area (Å²) in [5.41, 5.74) is 0.237. The lowest BCUT2D eigenvalue weighted by atomic mass is 9.78. The van der Waals surface area contributed by atoms with Crippen LogP contribution in [0, 0.1) is 5.41 Å². The minimum atomic E-state index is -1.93. The summed E-state index contributed by atoms with van der Waals surface area (Å²) in [5.74, 6) is 0. The van der Waals surface area contributed by atoms with Gasteiger partial charge in [0.2, 0.25) is 0 Å². The van der Waals surface area contributed by atoms with Crippen LogP contribution in [0.5, 0.6) is 0 Å². The van der Waals surface area contributed by atoms with E-state index < -0.39 is 8.56 Å². The molecule has 1 rings (SSSR count). The summed E-state index contributed by atoms with van der Waals surface area (Å²) in [5, 5.41) is 0. The lowest BCUT2D eigenvalue weighted by molar-refractivity contribution is -0.166. The Labute approximate surface area is 94.4 Å². The second-order valence-corrected chi connectivity index (χ2v) is 8.13. The van der Waals surface area contributed by atoms with Crippen molar-refractivity contribution in [1.29, 1.82) is 0 Å². The fourth-order valence-electron chi connectivity index (χ4n) is 2.02. The first-order valence-corrected chi connectivity index (χ1v) is 8.67. The Balaban J connectivity index is 2.50. The Hall–Kier alpha value is 0.0969. The van der Waals surface area contributed by atoms with E-state index in [0.29, 0.717) is 0 Å². The molecule has 0 radical (unpaired) electrons. The molecule has 1 aliphatic rings. The number of rotatable bonds is 6. The van der Waals surface area contributed by atoms with Crippen molar-refractivity contribution in [2.75, 3.05) is 19.8 Å². The molecule has 90 valence electrons. The van der Waals surface area contributed by atoms with E-state index in [1.54, 1.807) is 0 Å². The first kappa shape index (κ1) is 13.2. The zero-order valence-corrected chi connectivity index (χ0v) is 11.6. The molecule has 1 atom stereocenters. The molecular formula is C11H24O3Si. The van der Waals surface area contributed by atoms with Crippen molar-refractivity contribution in [3.8, 4) is 0 Å². The van der Waals surface area contributed by atoms with Gasteiger partial charge in [-0.05, 0) is 33.4 Å². The molecule has 4 heteroatoms. The van der Waals surface area contributed by atoms with E-state index in [1.165, 1.54) is 0 Å². The zero-order valence-electron chi connectivity index (χ0n) is 10.6. The first-order chi connectivity index (χ1) is 6.96. The first-order valence-electron chi connectivity index (χ1n) is 5.85. The minimum absolute atomic E-state index is 0.237. The topological polar surface area (TPSA) is 27.7 Å². The van der Waals surface area contributed by atoms with Gasteiger partial charge in [-0.3, -0.25) is 0 Å². The van der Waals surface area contributed by atoms with Crippen LogP contribution >= 0.6 is 0 Å². The van der Waals surface area contributed by atoms with Gasteiger partial charge in [0.05, 0.1) is 19.3 Å². The van der Waals surface area contributed by atoms with Crippen molar-refractivity contribution in [3.05, 3.63) is 0 Å². The van der Waals surface area contributed by atoms with Crippen molar-refractivity contribution in [1.82, 2.24) is 0 Å². The van der Waals surface area contributed by atoms with Crippen LogP contribution in [0.15, 0.2) is 0 Å². The van der Waals surface area contributed by atoms with Gasteiger partial charge in [-0.1, -0.05) is 6.92 Å². The van der Waals surface area contributed by atoms with E-state index >= 15 is 0 Å². The van der Waals surface area contributed by atoms with Crippen LogP contribution in [-0.4, -0.2) is 34.5 Å². The molecule has 0 aromatic heterocycles. The van der Waals surface area contributed by atoms with Gasteiger partial charge in [-0.2, -0.15) is 0 Å². The number of hydrogen-bond acceptors (Lipinski definition) is 3. The maximum Gasteiger partial charge on any atom is 0.331 e. The van der Waals surface area contributed by atoms with Crippen molar-refractivity contribution >= 4 is 8.56 Å². The quantitative estimate of drug-likeness (QED) is 0.659. The van der Waals surface area contributed by atoms with Crippen molar-refractivity contribution in [2.45, 2.75) is 46.4 Å². The Kier molecular flexibility index (Phi) is 4.35. The Morgan fingerprint density at radius 3 is 2.27 bits per heavy atom. The van der Waals surface area contributed by atoms with Crippen molar-refractivity contribution in [3.63, 3.8) is 0 Å². The maximum atomic E-state index is 6.11. The normalized spacial score (nSPS) is 22.2. The summed E-state index contributed by atoms with van der Waals surface area (Å²) < 4.78 is 17.1. The molecule has 3 nitrogen and oxygen atoms in total. The van der Waals surface area contributed by atoms with Crippen molar-refractivity contribution in [2.24, 2.45) is 5.41 Å². The molecule has 0 amide bonds. The van der Waals surface area contributed by atoms with E-state index in [9.17, 15) is 0 Å². The summed E-state index contributed by atoms with van der Waals surface area (Å²) in [6, 6.07) is 0. The summed E-state index contributed by atoms with van der Waals surface area (Å²) in [4.78, 5) is 0. The molecule has 0 N–H and O–H groups in total. The molecular weight excluding hydrogens is 208 g/mol. The largest absolute Gasteiger partial charge is 0.395 e. The molecule has 0 spiro atoms. The highest BCUT2D eigenvalue weighted by Gasteiger charge is 2.45. The van der Waals surface area contributed by atoms with Crippen molar-refractivity contribution < 1.29 is 13.6 Å². The SMILES string of the molecule is CCO[Si](C)(C)OC(C)C1(CC)COC1. The lowest BCUT2D eigenvalue weighted by Gasteiger charge is -2.47. The van der Waals surface area contributed by atoms with Crippen LogP contribution in [0.4, 0.5) is 0 Å². The summed E-state index contributed by atoms with van der Waals surface area (Å²) in [6.45, 7) is 13.0. The smallest absolute Gasteiger partial charge is 0.331 e. The van der Waals surface area contributed by atoms with Crippen LogP contribution in [0.2, 0.25) is 13.1 Å². The van der Waals surface area contributed by atoms with Gasteiger partial charge in [-0.15, -0.1) is 0 Å². The predicted molar refractivity (Wildman–Crippen MR) is 63.2 cm³/mol. The molecule has 0 aliphatic carbocycles. The van der Waals surface area contributed by atoms with Gasteiger partial charge in [0.1, 0.15) is 0 Å². The molecule has 1 saturated heterocycles. The van der Waals surface area contributed by atoms with Crippen LogP contribution in [0.25, 0.3) is 0 Å². The summed E-state index contributed by atoms with van der Waals surface area (Å²) in [6.07, 6.45) is 1.36. The van der Waals surface area contributed by atoms with Gasteiger partial charge in [-0.25, -0.2) is 0 Å². The zero-order chi connectivity index (χ0) is 11.5. The summed E-state index contributed by atoms with van der Waals surface area (Å²) in [7, 11) is -1.93. The highest BCUT2D eigenvalue weighted by atomic mass is 28.4. The third-order valence-electron chi connectivity index (χ3n) is 3.30. The molecule has 1 heterocycles. The number of hydrogen-bond donors (Lipinski definition) is 0. The van der Waals surface area contributed by atoms with E-state index in [-0.39, 0.29) is 11.5 Å². The number of ether oxygens (including phenoxy) is 1. The molecule has 15 heavy (non-hydrogen) atoms. The monoisotopic (exact) mass is 232 g/mol. The van der Waals surface area contributed by atoms with E-state index in [1.807, 2.05) is 6.92 Å². The fourth-order valence-corrected chi connectivity index (χ4v) is 3.89. The van der Waals surface area contributed by atoms with Gasteiger partial charge in [0, 0.05) is 12.0 Å². The van der Waals surface area contributed by atoms with Gasteiger partial charge >= 0.3 is 8.56 Å². The second-order valence-electron chi connectivity index (χ2n) is 4.80. The van der Waals surface area contributed by atoms with Gasteiger partial charge in [0.25, 0.3) is 0 Å². The molecule has 0 saturated carbocycles. The fraction of sp³-hybridized carbons (Fsp3) is 1.00. The Morgan fingerprint density at radius 1 is 1.33 bits per heavy atom. The average Bonchev–Trinajstić information content (AvgIpc) is 2.01. The standard InChI is InChI=1S/C11H24O3Si/c1-6-11(8-12-9-11)10(3)14-15(4,5)13-7-2/h10H,6-9H2,1-5H3. The van der Waals surface area contributed by atoms with Crippen LogP contribution in [-0.2, 0) is 13.6 Å². The van der Waals surface area contributed by atoms with Crippen LogP contribution in [0.3, 0.4) is 0 Å². The highest BCUT2D eigenvalue weighted by Crippen LogP contribution is 2.37. The van der Waals surface area contributed by atoms with Gasteiger partial charge in [0.15, 0.2) is 0 Å². The average molecular weight is 232 g/mol. The van der Waals surface area contributed by atoms with Gasteiger partial charge < -0.3 is 13.6 Å². The lowest BCUT2D eigenvalue weighted by Crippen LogP contribution is -2.54. The second kappa shape index (κ2) is 4.95. The molecule has 1 unspecified atom stereocenters. The molecule has 0 aromatic carbocycles. The van der Waals surface area contributed by atoms with Crippen LogP contribution in [0.1, 0.15) is 27.2 Å². The Bertz CT molecular complexity index is 196. The van der Waals surface area contributed by atoms with Crippen LogP contribution < -0.4 is 0 Å². The molecule has 1 fully saturated rings. The third kappa shape index (κ3) is 3.03. The van der Waals surface area contributed by atoms with E-state index in [2.05, 4.69) is 26.9 Å².